The fourth-order valence-corrected chi connectivity index (χ4v) is 6.78. The van der Waals surface area contributed by atoms with E-state index in [2.05, 4.69) is 28.5 Å². The first kappa shape index (κ1) is 35.0. The number of hydrogen-bond donors (Lipinski definition) is 3. The van der Waals surface area contributed by atoms with Crippen LogP contribution in [0.1, 0.15) is 61.3 Å². The molecule has 3 saturated heterocycles. The minimum absolute atomic E-state index is 0.00761. The van der Waals surface area contributed by atoms with Crippen molar-refractivity contribution in [2.45, 2.75) is 64.1 Å². The number of ether oxygens (including phenoxy) is 5. The average molecular weight is 674 g/mol. The molecule has 0 bridgehead atoms. The number of carbonyl (C=O) groups excluding carboxylic acids is 2. The molecular weight excluding hydrogens is 626 g/mol. The molecule has 2 amide bonds. The Bertz CT molecular complexity index is 1550. The van der Waals surface area contributed by atoms with Gasteiger partial charge in [-0.15, -0.1) is 0 Å². The molecule has 4 atom stereocenters. The fourth-order valence-electron chi connectivity index (χ4n) is 6.78. The van der Waals surface area contributed by atoms with E-state index in [0.29, 0.717) is 19.8 Å². The Morgan fingerprint density at radius 3 is 2.33 bits per heavy atom. The molecule has 1 spiro atoms. The van der Waals surface area contributed by atoms with Crippen LogP contribution in [-0.4, -0.2) is 79.9 Å². The van der Waals surface area contributed by atoms with Gasteiger partial charge in [-0.1, -0.05) is 67.6 Å². The van der Waals surface area contributed by atoms with Gasteiger partial charge in [0.2, 0.25) is 0 Å². The summed E-state index contributed by atoms with van der Waals surface area (Å²) in [6, 6.07) is 23.7. The molecule has 3 aromatic rings. The number of piperidine rings is 1. The zero-order valence-corrected chi connectivity index (χ0v) is 28.3. The number of esters is 1. The Kier molecular flexibility index (Phi) is 11.6. The Morgan fingerprint density at radius 2 is 1.61 bits per heavy atom. The molecule has 262 valence electrons. The second-order valence-electron chi connectivity index (χ2n) is 12.9. The molecule has 3 fully saturated rings. The summed E-state index contributed by atoms with van der Waals surface area (Å²) in [5, 5.41) is 14.9. The topological polar surface area (TPSA) is 128 Å². The highest BCUT2D eigenvalue weighted by Gasteiger charge is 2.43. The predicted molar refractivity (Wildman–Crippen MR) is 182 cm³/mol. The van der Waals surface area contributed by atoms with E-state index >= 15 is 0 Å². The highest BCUT2D eigenvalue weighted by atomic mass is 16.7. The summed E-state index contributed by atoms with van der Waals surface area (Å²) in [5.41, 5.74) is 5.72. The predicted octanol–water partition coefficient (Wildman–Crippen LogP) is 4.84. The number of rotatable bonds is 11. The molecule has 49 heavy (non-hydrogen) atoms. The smallest absolute Gasteiger partial charge is 0.325 e. The Balaban J connectivity index is 1.16. The van der Waals surface area contributed by atoms with E-state index in [9.17, 15) is 14.7 Å². The molecule has 0 aromatic heterocycles. The number of likely N-dealkylation sites (tertiary alicyclic amines) is 1. The summed E-state index contributed by atoms with van der Waals surface area (Å²) in [6.45, 7) is 8.12. The van der Waals surface area contributed by atoms with Gasteiger partial charge in [0.15, 0.2) is 12.1 Å². The molecule has 0 radical (unpaired) electrons. The third-order valence-electron chi connectivity index (χ3n) is 9.56. The molecular formula is C38H47N3O8. The molecule has 3 N–H and O–H groups in total. The third-order valence-corrected chi connectivity index (χ3v) is 9.56. The van der Waals surface area contributed by atoms with Gasteiger partial charge < -0.3 is 44.3 Å². The number of hydrogen-bond acceptors (Lipinski definition) is 9. The van der Waals surface area contributed by atoms with Gasteiger partial charge in [0.25, 0.3) is 0 Å². The monoisotopic (exact) mass is 673 g/mol. The van der Waals surface area contributed by atoms with E-state index < -0.39 is 24.1 Å². The van der Waals surface area contributed by atoms with Gasteiger partial charge in [0.1, 0.15) is 6.54 Å². The quantitative estimate of drug-likeness (QED) is 0.245. The summed E-state index contributed by atoms with van der Waals surface area (Å²) < 4.78 is 30.3. The van der Waals surface area contributed by atoms with Gasteiger partial charge in [-0.2, -0.15) is 0 Å². The van der Waals surface area contributed by atoms with Gasteiger partial charge in [0.05, 0.1) is 38.6 Å². The van der Waals surface area contributed by atoms with Crippen molar-refractivity contribution in [2.24, 2.45) is 5.92 Å². The van der Waals surface area contributed by atoms with Crippen LogP contribution in [0.4, 0.5) is 4.79 Å². The molecule has 3 aliphatic heterocycles. The molecule has 0 aliphatic carbocycles. The normalized spacial score (nSPS) is 23.7. The maximum absolute atomic E-state index is 12.2. The number of carbonyl (C=O) groups is 2. The van der Waals surface area contributed by atoms with E-state index in [-0.39, 0.29) is 37.9 Å². The third kappa shape index (κ3) is 8.85. The van der Waals surface area contributed by atoms with Gasteiger partial charge in [0, 0.05) is 50.5 Å². The standard InChI is InChI=1S/C38H47N3O8/c1-3-45-34(43)23-40-37(44)39-22-28-6-4-7-30(20-28)31-8-5-9-32(21-31)36-48-33(24-41-16-14-38(15-17-41)46-18-19-47-38)26(2)35(49-36)29-12-10-27(25-42)11-13-29/h4-13,20-21,26,33,35-36,42H,3,14-19,22-25H2,1-2H3,(H2,39,40,44)/t26-,33+,35+,36+/m1/s1. The molecule has 0 saturated carbocycles. The number of benzene rings is 3. The number of amides is 2. The van der Waals surface area contributed by atoms with E-state index in [1.807, 2.05) is 66.7 Å². The van der Waals surface area contributed by atoms with Crippen molar-refractivity contribution in [3.8, 4) is 11.1 Å². The maximum atomic E-state index is 12.2. The van der Waals surface area contributed by atoms with Gasteiger partial charge in [-0.25, -0.2) is 4.79 Å². The molecule has 0 unspecified atom stereocenters. The Hall–Kier alpha value is -3.84. The second-order valence-corrected chi connectivity index (χ2v) is 12.9. The van der Waals surface area contributed by atoms with E-state index in [0.717, 1.165) is 65.9 Å². The van der Waals surface area contributed by atoms with Crippen molar-refractivity contribution in [2.75, 3.05) is 46.0 Å². The van der Waals surface area contributed by atoms with E-state index in [1.54, 1.807) is 6.92 Å². The summed E-state index contributed by atoms with van der Waals surface area (Å²) in [7, 11) is 0. The van der Waals surface area contributed by atoms with E-state index in [4.69, 9.17) is 23.7 Å². The first-order chi connectivity index (χ1) is 23.8. The van der Waals surface area contributed by atoms with Crippen molar-refractivity contribution in [3.05, 3.63) is 95.1 Å². The van der Waals surface area contributed by atoms with Crippen LogP contribution in [0.15, 0.2) is 72.8 Å². The highest BCUT2D eigenvalue weighted by molar-refractivity contribution is 5.80. The number of aliphatic hydroxyl groups is 1. The summed E-state index contributed by atoms with van der Waals surface area (Å²) in [5.74, 6) is -0.832. The van der Waals surface area contributed by atoms with Crippen LogP contribution >= 0.6 is 0 Å². The Labute approximate surface area is 287 Å². The van der Waals surface area contributed by atoms with Crippen molar-refractivity contribution < 1.29 is 38.4 Å². The zero-order valence-electron chi connectivity index (χ0n) is 28.3. The van der Waals surface area contributed by atoms with Crippen LogP contribution < -0.4 is 10.6 Å². The van der Waals surface area contributed by atoms with Crippen LogP contribution in [0.5, 0.6) is 0 Å². The molecule has 6 rings (SSSR count). The molecule has 3 heterocycles. The van der Waals surface area contributed by atoms with Gasteiger partial charge in [-0.3, -0.25) is 4.79 Å². The lowest BCUT2D eigenvalue weighted by atomic mass is 9.89. The van der Waals surface area contributed by atoms with Crippen LogP contribution in [0.2, 0.25) is 0 Å². The largest absolute Gasteiger partial charge is 0.465 e. The van der Waals surface area contributed by atoms with Crippen molar-refractivity contribution in [1.29, 1.82) is 0 Å². The summed E-state index contributed by atoms with van der Waals surface area (Å²) in [6.07, 6.45) is 0.800. The van der Waals surface area contributed by atoms with Crippen LogP contribution in [0.25, 0.3) is 11.1 Å². The summed E-state index contributed by atoms with van der Waals surface area (Å²) >= 11 is 0. The minimum atomic E-state index is -0.589. The SMILES string of the molecule is CCOC(=O)CNC(=O)NCc1cccc(-c2cccc([C@H]3O[C@@H](CN4CCC5(CC4)OCCO5)[C@@H](C)[C@@H](c4ccc(CO)cc4)O3)c2)c1. The first-order valence-electron chi connectivity index (χ1n) is 17.2. The molecule has 3 aliphatic rings. The van der Waals surface area contributed by atoms with Gasteiger partial charge >= 0.3 is 12.0 Å². The first-order valence-corrected chi connectivity index (χ1v) is 17.2. The Morgan fingerprint density at radius 1 is 0.898 bits per heavy atom. The average Bonchev–Trinajstić information content (AvgIpc) is 3.60. The van der Waals surface area contributed by atoms with Crippen LogP contribution in [-0.2, 0) is 41.6 Å². The number of urea groups is 1. The van der Waals surface area contributed by atoms with Gasteiger partial charge in [-0.05, 0) is 46.9 Å². The lowest BCUT2D eigenvalue weighted by Gasteiger charge is -2.44. The lowest BCUT2D eigenvalue weighted by Crippen LogP contribution is -2.50. The van der Waals surface area contributed by atoms with Crippen LogP contribution in [0.3, 0.4) is 0 Å². The maximum Gasteiger partial charge on any atom is 0.325 e. The summed E-state index contributed by atoms with van der Waals surface area (Å²) in [4.78, 5) is 26.2. The zero-order chi connectivity index (χ0) is 34.2. The number of nitrogens with zero attached hydrogens (tertiary/aromatic N) is 1. The number of nitrogens with one attached hydrogen (secondary N) is 2. The second kappa shape index (κ2) is 16.2. The van der Waals surface area contributed by atoms with Crippen LogP contribution in [0, 0.1) is 5.92 Å². The lowest BCUT2D eigenvalue weighted by molar-refractivity contribution is -0.278. The number of aliphatic hydroxyl groups excluding tert-OH is 1. The van der Waals surface area contributed by atoms with Crippen molar-refractivity contribution in [3.63, 3.8) is 0 Å². The van der Waals surface area contributed by atoms with Crippen molar-refractivity contribution >= 4 is 12.0 Å². The molecule has 3 aromatic carbocycles. The molecule has 11 heteroatoms. The minimum Gasteiger partial charge on any atom is -0.465 e. The van der Waals surface area contributed by atoms with E-state index in [1.165, 1.54) is 0 Å². The fraction of sp³-hybridized carbons (Fsp3) is 0.474. The molecule has 11 nitrogen and oxygen atoms in total. The highest BCUT2D eigenvalue weighted by Crippen LogP contribution is 2.43. The van der Waals surface area contributed by atoms with Crippen molar-refractivity contribution in [1.82, 2.24) is 15.5 Å².